The SMILES string of the molecule is CCCC(=O)Nc1cc(Cl)ccc1C(=O)NC1CCNC(=O)CC1. The molecule has 1 saturated heterocycles. The summed E-state index contributed by atoms with van der Waals surface area (Å²) in [6, 6.07) is 4.71. The second-order valence-corrected chi connectivity index (χ2v) is 6.27. The van der Waals surface area contributed by atoms with Gasteiger partial charge >= 0.3 is 0 Å². The molecule has 24 heavy (non-hydrogen) atoms. The maximum atomic E-state index is 12.6. The molecule has 1 aromatic carbocycles. The van der Waals surface area contributed by atoms with Gasteiger partial charge in [0.25, 0.3) is 5.91 Å². The van der Waals surface area contributed by atoms with Crippen molar-refractivity contribution in [1.29, 1.82) is 0 Å². The van der Waals surface area contributed by atoms with E-state index in [1.807, 2.05) is 6.92 Å². The first kappa shape index (κ1) is 18.3. The number of benzene rings is 1. The van der Waals surface area contributed by atoms with Crippen LogP contribution in [-0.2, 0) is 9.59 Å². The number of hydrogen-bond acceptors (Lipinski definition) is 3. The van der Waals surface area contributed by atoms with Crippen LogP contribution in [0.15, 0.2) is 18.2 Å². The average molecular weight is 352 g/mol. The van der Waals surface area contributed by atoms with Crippen LogP contribution in [0.4, 0.5) is 5.69 Å². The van der Waals surface area contributed by atoms with Crippen molar-refractivity contribution in [3.8, 4) is 0 Å². The first-order chi connectivity index (χ1) is 11.5. The van der Waals surface area contributed by atoms with Gasteiger partial charge < -0.3 is 16.0 Å². The van der Waals surface area contributed by atoms with Gasteiger partial charge in [0.05, 0.1) is 11.3 Å². The first-order valence-electron chi connectivity index (χ1n) is 8.16. The van der Waals surface area contributed by atoms with E-state index < -0.39 is 0 Å². The van der Waals surface area contributed by atoms with Crippen LogP contribution in [0.25, 0.3) is 0 Å². The summed E-state index contributed by atoms with van der Waals surface area (Å²) >= 11 is 5.98. The van der Waals surface area contributed by atoms with Crippen LogP contribution in [0.3, 0.4) is 0 Å². The van der Waals surface area contributed by atoms with Crippen LogP contribution in [0.5, 0.6) is 0 Å². The molecule has 1 aromatic rings. The molecule has 1 aliphatic heterocycles. The van der Waals surface area contributed by atoms with Crippen molar-refractivity contribution in [2.24, 2.45) is 0 Å². The molecule has 1 aliphatic rings. The molecule has 2 rings (SSSR count). The lowest BCUT2D eigenvalue weighted by molar-refractivity contribution is -0.120. The molecule has 0 saturated carbocycles. The molecule has 0 aromatic heterocycles. The Morgan fingerprint density at radius 2 is 2.12 bits per heavy atom. The zero-order valence-corrected chi connectivity index (χ0v) is 14.4. The molecule has 1 atom stereocenters. The van der Waals surface area contributed by atoms with Gasteiger partial charge in [-0.1, -0.05) is 18.5 Å². The van der Waals surface area contributed by atoms with Crippen LogP contribution in [0.2, 0.25) is 5.02 Å². The molecule has 0 spiro atoms. The molecule has 0 bridgehead atoms. The van der Waals surface area contributed by atoms with Crippen LogP contribution in [-0.4, -0.2) is 30.3 Å². The van der Waals surface area contributed by atoms with E-state index in [4.69, 9.17) is 11.6 Å². The Morgan fingerprint density at radius 1 is 1.33 bits per heavy atom. The third-order valence-corrected chi connectivity index (χ3v) is 4.08. The van der Waals surface area contributed by atoms with Gasteiger partial charge in [0.2, 0.25) is 11.8 Å². The monoisotopic (exact) mass is 351 g/mol. The van der Waals surface area contributed by atoms with Gasteiger partial charge in [-0.05, 0) is 37.5 Å². The first-order valence-corrected chi connectivity index (χ1v) is 8.54. The number of amides is 3. The van der Waals surface area contributed by atoms with Gasteiger partial charge in [0.15, 0.2) is 0 Å². The summed E-state index contributed by atoms with van der Waals surface area (Å²) < 4.78 is 0. The van der Waals surface area contributed by atoms with Crippen molar-refractivity contribution in [2.75, 3.05) is 11.9 Å². The molecule has 3 N–H and O–H groups in total. The van der Waals surface area contributed by atoms with Gasteiger partial charge in [0.1, 0.15) is 0 Å². The summed E-state index contributed by atoms with van der Waals surface area (Å²) in [5.41, 5.74) is 0.772. The lowest BCUT2D eigenvalue weighted by Gasteiger charge is -2.17. The highest BCUT2D eigenvalue weighted by molar-refractivity contribution is 6.31. The summed E-state index contributed by atoms with van der Waals surface area (Å²) in [7, 11) is 0. The molecule has 1 heterocycles. The summed E-state index contributed by atoms with van der Waals surface area (Å²) in [6.07, 6.45) is 2.78. The van der Waals surface area contributed by atoms with Crippen LogP contribution in [0.1, 0.15) is 49.4 Å². The van der Waals surface area contributed by atoms with E-state index in [1.54, 1.807) is 18.2 Å². The van der Waals surface area contributed by atoms with Gasteiger partial charge in [-0.15, -0.1) is 0 Å². The second kappa shape index (κ2) is 8.68. The molecule has 6 nitrogen and oxygen atoms in total. The minimum atomic E-state index is -0.280. The van der Waals surface area contributed by atoms with Crippen molar-refractivity contribution in [3.05, 3.63) is 28.8 Å². The van der Waals surface area contributed by atoms with E-state index in [0.717, 1.165) is 6.42 Å². The van der Waals surface area contributed by atoms with E-state index in [-0.39, 0.29) is 23.8 Å². The maximum Gasteiger partial charge on any atom is 0.253 e. The Bertz CT molecular complexity index is 634. The fourth-order valence-electron chi connectivity index (χ4n) is 2.59. The molecule has 1 unspecified atom stereocenters. The van der Waals surface area contributed by atoms with Crippen LogP contribution in [0, 0.1) is 0 Å². The predicted molar refractivity (Wildman–Crippen MR) is 93.1 cm³/mol. The van der Waals surface area contributed by atoms with E-state index in [9.17, 15) is 14.4 Å². The highest BCUT2D eigenvalue weighted by Gasteiger charge is 2.20. The van der Waals surface area contributed by atoms with Crippen molar-refractivity contribution in [3.63, 3.8) is 0 Å². The lowest BCUT2D eigenvalue weighted by Crippen LogP contribution is -2.36. The van der Waals surface area contributed by atoms with Gasteiger partial charge in [0, 0.05) is 30.5 Å². The third kappa shape index (κ3) is 5.23. The van der Waals surface area contributed by atoms with E-state index in [0.29, 0.717) is 48.5 Å². The third-order valence-electron chi connectivity index (χ3n) is 3.85. The van der Waals surface area contributed by atoms with Gasteiger partial charge in [-0.25, -0.2) is 0 Å². The normalized spacial score (nSPS) is 17.6. The van der Waals surface area contributed by atoms with Gasteiger partial charge in [-0.2, -0.15) is 0 Å². The highest BCUT2D eigenvalue weighted by atomic mass is 35.5. The molecule has 0 aliphatic carbocycles. The number of rotatable bonds is 5. The number of hydrogen-bond donors (Lipinski definition) is 3. The minimum Gasteiger partial charge on any atom is -0.356 e. The van der Waals surface area contributed by atoms with E-state index in [2.05, 4.69) is 16.0 Å². The molecular weight excluding hydrogens is 330 g/mol. The average Bonchev–Trinajstić information content (AvgIpc) is 2.72. The summed E-state index contributed by atoms with van der Waals surface area (Å²) in [5.74, 6) is -0.429. The summed E-state index contributed by atoms with van der Waals surface area (Å²) in [6.45, 7) is 2.46. The summed E-state index contributed by atoms with van der Waals surface area (Å²) in [5, 5.41) is 8.90. The quantitative estimate of drug-likeness (QED) is 0.761. The number of halogens is 1. The summed E-state index contributed by atoms with van der Waals surface area (Å²) in [4.78, 5) is 35.8. The van der Waals surface area contributed by atoms with Crippen LogP contribution >= 0.6 is 11.6 Å². The van der Waals surface area contributed by atoms with Crippen molar-refractivity contribution in [2.45, 2.75) is 45.1 Å². The largest absolute Gasteiger partial charge is 0.356 e. The van der Waals surface area contributed by atoms with E-state index in [1.165, 1.54) is 0 Å². The minimum absolute atomic E-state index is 0.00533. The molecule has 3 amide bonds. The number of carbonyl (C=O) groups is 3. The molecular formula is C17H22ClN3O3. The fourth-order valence-corrected chi connectivity index (χ4v) is 2.76. The number of nitrogens with one attached hydrogen (secondary N) is 3. The number of carbonyl (C=O) groups excluding carboxylic acids is 3. The van der Waals surface area contributed by atoms with Gasteiger partial charge in [-0.3, -0.25) is 14.4 Å². The molecule has 7 heteroatoms. The topological polar surface area (TPSA) is 87.3 Å². The molecule has 1 fully saturated rings. The number of anilines is 1. The molecule has 130 valence electrons. The fraction of sp³-hybridized carbons (Fsp3) is 0.471. The zero-order chi connectivity index (χ0) is 17.5. The zero-order valence-electron chi connectivity index (χ0n) is 13.7. The Balaban J connectivity index is 2.10. The Labute approximate surface area is 146 Å². The Kier molecular flexibility index (Phi) is 6.61. The lowest BCUT2D eigenvalue weighted by atomic mass is 10.1. The van der Waals surface area contributed by atoms with Crippen molar-refractivity contribution in [1.82, 2.24) is 10.6 Å². The Hall–Kier alpha value is -2.08. The van der Waals surface area contributed by atoms with Crippen LogP contribution < -0.4 is 16.0 Å². The maximum absolute atomic E-state index is 12.6. The smallest absolute Gasteiger partial charge is 0.253 e. The Morgan fingerprint density at radius 3 is 2.88 bits per heavy atom. The standard InChI is InChI=1S/C17H22ClN3O3/c1-2-3-16(23)21-14-10-11(18)4-6-13(14)17(24)20-12-5-7-15(22)19-9-8-12/h4,6,10,12H,2-3,5,7-9H2,1H3,(H,19,22)(H,20,24)(H,21,23). The second-order valence-electron chi connectivity index (χ2n) is 5.84. The van der Waals surface area contributed by atoms with Crippen molar-refractivity contribution >= 4 is 35.0 Å². The van der Waals surface area contributed by atoms with E-state index >= 15 is 0 Å². The predicted octanol–water partition coefficient (Wildman–Crippen LogP) is 2.48. The molecule has 0 radical (unpaired) electrons. The highest BCUT2D eigenvalue weighted by Crippen LogP contribution is 2.22. The van der Waals surface area contributed by atoms with Crippen molar-refractivity contribution < 1.29 is 14.4 Å².